The van der Waals surface area contributed by atoms with Gasteiger partial charge in [0, 0.05) is 5.57 Å². The summed E-state index contributed by atoms with van der Waals surface area (Å²) in [5.74, 6) is -2.17. The highest BCUT2D eigenvalue weighted by Gasteiger charge is 2.26. The average molecular weight is 235 g/mol. The summed E-state index contributed by atoms with van der Waals surface area (Å²) in [6.45, 7) is 1.27. The Labute approximate surface area is 76.1 Å². The topological polar surface area (TPSA) is 47.7 Å². The highest BCUT2D eigenvalue weighted by Crippen LogP contribution is 2.31. The fraction of sp³-hybridized carbons (Fsp3) is 0.143. The summed E-state index contributed by atoms with van der Waals surface area (Å²) in [5.41, 5.74) is -0.757. The molecule has 1 aliphatic rings. The standard InChI is InChI=1S/C7H5BrF2N2/c1-2-4(9)5(10)3(8)7(12)6(2)11/h11-12H,1H3. The van der Waals surface area contributed by atoms with Crippen LogP contribution in [0.3, 0.4) is 0 Å². The van der Waals surface area contributed by atoms with Gasteiger partial charge in [0.15, 0.2) is 11.7 Å². The zero-order valence-corrected chi connectivity index (χ0v) is 7.72. The predicted octanol–water partition coefficient (Wildman–Crippen LogP) is 2.86. The van der Waals surface area contributed by atoms with Crippen LogP contribution in [-0.4, -0.2) is 11.4 Å². The molecule has 2 N–H and O–H groups in total. The van der Waals surface area contributed by atoms with Crippen LogP contribution in [0.15, 0.2) is 21.7 Å². The minimum atomic E-state index is -1.10. The van der Waals surface area contributed by atoms with E-state index in [-0.39, 0.29) is 21.5 Å². The quantitative estimate of drug-likeness (QED) is 0.606. The molecular weight excluding hydrogens is 230 g/mol. The van der Waals surface area contributed by atoms with Crippen molar-refractivity contribution in [1.29, 1.82) is 10.8 Å². The van der Waals surface area contributed by atoms with E-state index >= 15 is 0 Å². The van der Waals surface area contributed by atoms with E-state index in [0.717, 1.165) is 0 Å². The van der Waals surface area contributed by atoms with Gasteiger partial charge in [-0.3, -0.25) is 10.8 Å². The fourth-order valence-electron chi connectivity index (χ4n) is 0.778. The van der Waals surface area contributed by atoms with Crippen LogP contribution in [0.25, 0.3) is 0 Å². The van der Waals surface area contributed by atoms with Crippen molar-refractivity contribution >= 4 is 27.4 Å². The Bertz CT molecular complexity index is 292. The minimum Gasteiger partial charge on any atom is -0.298 e. The van der Waals surface area contributed by atoms with Gasteiger partial charge in [0.1, 0.15) is 0 Å². The summed E-state index contributed by atoms with van der Waals surface area (Å²) in [4.78, 5) is 0. The first-order valence-electron chi connectivity index (χ1n) is 3.07. The third-order valence-electron chi connectivity index (χ3n) is 1.56. The molecule has 0 radical (unpaired) electrons. The molecule has 5 heteroatoms. The van der Waals surface area contributed by atoms with Crippen molar-refractivity contribution in [2.24, 2.45) is 0 Å². The van der Waals surface area contributed by atoms with E-state index in [1.54, 1.807) is 0 Å². The molecule has 0 aromatic rings. The summed E-state index contributed by atoms with van der Waals surface area (Å²) in [7, 11) is 0. The van der Waals surface area contributed by atoms with Crippen LogP contribution in [0.4, 0.5) is 8.78 Å². The summed E-state index contributed by atoms with van der Waals surface area (Å²) in [5, 5.41) is 14.4. The molecule has 0 saturated heterocycles. The number of halogens is 3. The third-order valence-corrected chi connectivity index (χ3v) is 2.30. The maximum absolute atomic E-state index is 12.8. The second-order valence-electron chi connectivity index (χ2n) is 2.32. The molecule has 0 unspecified atom stereocenters. The Kier molecular flexibility index (Phi) is 2.23. The van der Waals surface area contributed by atoms with Gasteiger partial charge >= 0.3 is 0 Å². The molecule has 0 aromatic heterocycles. The third kappa shape index (κ3) is 1.14. The summed E-state index contributed by atoms with van der Waals surface area (Å²) in [6.07, 6.45) is 0. The second-order valence-corrected chi connectivity index (χ2v) is 3.11. The first kappa shape index (κ1) is 9.25. The molecule has 64 valence electrons. The average Bonchev–Trinajstić information content (AvgIpc) is 2.08. The molecule has 1 aliphatic carbocycles. The highest BCUT2D eigenvalue weighted by molar-refractivity contribution is 9.12. The van der Waals surface area contributed by atoms with Crippen LogP contribution in [0, 0.1) is 10.8 Å². The van der Waals surface area contributed by atoms with Gasteiger partial charge < -0.3 is 0 Å². The molecule has 0 aliphatic heterocycles. The molecule has 0 saturated carbocycles. The zero-order chi connectivity index (χ0) is 9.46. The lowest BCUT2D eigenvalue weighted by atomic mass is 10.0. The molecule has 2 nitrogen and oxygen atoms in total. The lowest BCUT2D eigenvalue weighted by Gasteiger charge is -2.13. The van der Waals surface area contributed by atoms with E-state index in [2.05, 4.69) is 15.9 Å². The highest BCUT2D eigenvalue weighted by atomic mass is 79.9. The van der Waals surface area contributed by atoms with Gasteiger partial charge in [-0.25, -0.2) is 8.78 Å². The lowest BCUT2D eigenvalue weighted by molar-refractivity contribution is 0.539. The molecular formula is C7H5BrF2N2. The summed E-state index contributed by atoms with van der Waals surface area (Å²) >= 11 is 2.69. The largest absolute Gasteiger partial charge is 0.298 e. The van der Waals surface area contributed by atoms with E-state index < -0.39 is 11.7 Å². The number of hydrogen-bond donors (Lipinski definition) is 2. The molecule has 0 spiro atoms. The first-order valence-corrected chi connectivity index (χ1v) is 3.86. The minimum absolute atomic E-state index is 0.138. The smallest absolute Gasteiger partial charge is 0.175 e. The fourth-order valence-corrected chi connectivity index (χ4v) is 1.15. The predicted molar refractivity (Wildman–Crippen MR) is 46.3 cm³/mol. The van der Waals surface area contributed by atoms with Gasteiger partial charge in [-0.15, -0.1) is 0 Å². The van der Waals surface area contributed by atoms with Crippen LogP contribution in [0.1, 0.15) is 6.92 Å². The van der Waals surface area contributed by atoms with Gasteiger partial charge in [0.2, 0.25) is 0 Å². The van der Waals surface area contributed by atoms with Crippen molar-refractivity contribution in [1.82, 2.24) is 0 Å². The Morgan fingerprint density at radius 2 is 1.58 bits per heavy atom. The van der Waals surface area contributed by atoms with Crippen molar-refractivity contribution in [3.8, 4) is 0 Å². The Hall–Kier alpha value is -0.840. The molecule has 0 heterocycles. The number of hydrogen-bond acceptors (Lipinski definition) is 2. The molecule has 12 heavy (non-hydrogen) atoms. The zero-order valence-electron chi connectivity index (χ0n) is 6.13. The molecule has 0 aromatic carbocycles. The van der Waals surface area contributed by atoms with E-state index in [1.165, 1.54) is 6.92 Å². The molecule has 0 atom stereocenters. The molecule has 1 rings (SSSR count). The maximum Gasteiger partial charge on any atom is 0.175 e. The first-order chi connectivity index (χ1) is 5.46. The van der Waals surface area contributed by atoms with Gasteiger partial charge in [0.05, 0.1) is 15.9 Å². The van der Waals surface area contributed by atoms with Crippen LogP contribution in [-0.2, 0) is 0 Å². The van der Waals surface area contributed by atoms with Crippen molar-refractivity contribution < 1.29 is 8.78 Å². The summed E-state index contributed by atoms with van der Waals surface area (Å²) < 4.78 is 25.3. The Balaban J connectivity index is 3.37. The van der Waals surface area contributed by atoms with Gasteiger partial charge in [-0.2, -0.15) is 0 Å². The Morgan fingerprint density at radius 1 is 1.08 bits per heavy atom. The van der Waals surface area contributed by atoms with Crippen LogP contribution in [0.2, 0.25) is 0 Å². The SMILES string of the molecule is CC1=C(F)C(F)=C(Br)C(=N)C1=N. The van der Waals surface area contributed by atoms with Gasteiger partial charge in [-0.1, -0.05) is 0 Å². The van der Waals surface area contributed by atoms with Gasteiger partial charge in [-0.05, 0) is 22.9 Å². The van der Waals surface area contributed by atoms with Crippen molar-refractivity contribution in [2.45, 2.75) is 6.92 Å². The number of rotatable bonds is 0. The van der Waals surface area contributed by atoms with Crippen molar-refractivity contribution in [2.75, 3.05) is 0 Å². The van der Waals surface area contributed by atoms with E-state index in [9.17, 15) is 8.78 Å². The van der Waals surface area contributed by atoms with E-state index in [1.807, 2.05) is 0 Å². The van der Waals surface area contributed by atoms with Crippen LogP contribution >= 0.6 is 15.9 Å². The second kappa shape index (κ2) is 2.90. The van der Waals surface area contributed by atoms with Crippen molar-refractivity contribution in [3.05, 3.63) is 21.7 Å². The summed E-state index contributed by atoms with van der Waals surface area (Å²) in [6, 6.07) is 0. The number of allylic oxidation sites excluding steroid dienone is 4. The number of nitrogens with one attached hydrogen (secondary N) is 2. The van der Waals surface area contributed by atoms with E-state index in [0.29, 0.717) is 0 Å². The monoisotopic (exact) mass is 234 g/mol. The normalized spacial score (nSPS) is 19.3. The molecule has 0 fully saturated rings. The van der Waals surface area contributed by atoms with E-state index in [4.69, 9.17) is 10.8 Å². The van der Waals surface area contributed by atoms with Crippen molar-refractivity contribution in [3.63, 3.8) is 0 Å². The van der Waals surface area contributed by atoms with Crippen LogP contribution < -0.4 is 0 Å². The Morgan fingerprint density at radius 3 is 2.08 bits per heavy atom. The molecule has 0 bridgehead atoms. The van der Waals surface area contributed by atoms with Crippen LogP contribution in [0.5, 0.6) is 0 Å². The van der Waals surface area contributed by atoms with Gasteiger partial charge in [0.25, 0.3) is 0 Å². The lowest BCUT2D eigenvalue weighted by Crippen LogP contribution is -2.19. The molecule has 0 amide bonds. The maximum atomic E-state index is 12.8.